The lowest BCUT2D eigenvalue weighted by molar-refractivity contribution is 0.277. The highest BCUT2D eigenvalue weighted by Gasteiger charge is 2.09. The molecule has 84 valence electrons. The highest BCUT2D eigenvalue weighted by Crippen LogP contribution is 2.15. The van der Waals surface area contributed by atoms with Crippen molar-refractivity contribution in [3.63, 3.8) is 0 Å². The largest absolute Gasteiger partial charge is 0.396 e. The lowest BCUT2D eigenvalue weighted by Gasteiger charge is -2.09. The lowest BCUT2D eigenvalue weighted by atomic mass is 10.1. The molecule has 2 rings (SSSR count). The maximum atomic E-state index is 11.8. The lowest BCUT2D eigenvalue weighted by Crippen LogP contribution is -2.14. The second-order valence-corrected chi connectivity index (χ2v) is 3.88. The Morgan fingerprint density at radius 2 is 2.19 bits per heavy atom. The van der Waals surface area contributed by atoms with Crippen molar-refractivity contribution in [1.29, 1.82) is 0 Å². The van der Waals surface area contributed by atoms with Gasteiger partial charge in [0.1, 0.15) is 5.82 Å². The van der Waals surface area contributed by atoms with Gasteiger partial charge >= 0.3 is 0 Å². The minimum Gasteiger partial charge on any atom is -0.396 e. The maximum absolute atomic E-state index is 11.8. The van der Waals surface area contributed by atoms with Gasteiger partial charge in [0.05, 0.1) is 10.9 Å². The molecule has 1 atom stereocenters. The minimum atomic E-state index is -0.120. The van der Waals surface area contributed by atoms with Crippen LogP contribution in [0.5, 0.6) is 0 Å². The van der Waals surface area contributed by atoms with Crippen LogP contribution < -0.4 is 5.56 Å². The topological polar surface area (TPSA) is 66.0 Å². The van der Waals surface area contributed by atoms with Crippen LogP contribution in [0.4, 0.5) is 0 Å². The molecule has 4 nitrogen and oxygen atoms in total. The molecule has 16 heavy (non-hydrogen) atoms. The van der Waals surface area contributed by atoms with Gasteiger partial charge in [-0.3, -0.25) is 4.79 Å². The number of nitrogens with zero attached hydrogens (tertiary/aromatic N) is 1. The molecule has 1 unspecified atom stereocenters. The van der Waals surface area contributed by atoms with Gasteiger partial charge in [-0.1, -0.05) is 19.1 Å². The molecular formula is C12H14N2O2. The van der Waals surface area contributed by atoms with Crippen LogP contribution in [0.25, 0.3) is 10.9 Å². The fourth-order valence-corrected chi connectivity index (χ4v) is 1.67. The number of H-pyrrole nitrogens is 1. The van der Waals surface area contributed by atoms with Crippen LogP contribution in [0.3, 0.4) is 0 Å². The number of nitrogens with one attached hydrogen (secondary N) is 1. The van der Waals surface area contributed by atoms with E-state index < -0.39 is 0 Å². The molecule has 1 heterocycles. The van der Waals surface area contributed by atoms with E-state index in [1.54, 1.807) is 6.07 Å². The average molecular weight is 218 g/mol. The maximum Gasteiger partial charge on any atom is 0.258 e. The molecule has 0 saturated carbocycles. The van der Waals surface area contributed by atoms with E-state index in [-0.39, 0.29) is 18.1 Å². The van der Waals surface area contributed by atoms with E-state index in [2.05, 4.69) is 9.97 Å². The Bertz CT molecular complexity index is 548. The van der Waals surface area contributed by atoms with Gasteiger partial charge in [0.25, 0.3) is 5.56 Å². The van der Waals surface area contributed by atoms with Gasteiger partial charge in [0.2, 0.25) is 0 Å². The Hall–Kier alpha value is -1.68. The molecular weight excluding hydrogens is 204 g/mol. The zero-order chi connectivity index (χ0) is 11.5. The van der Waals surface area contributed by atoms with E-state index >= 15 is 0 Å². The summed E-state index contributed by atoms with van der Waals surface area (Å²) in [4.78, 5) is 18.9. The quantitative estimate of drug-likeness (QED) is 0.818. The molecule has 0 saturated heterocycles. The van der Waals surface area contributed by atoms with Crippen LogP contribution in [0.2, 0.25) is 0 Å². The summed E-state index contributed by atoms with van der Waals surface area (Å²) in [6.45, 7) is 2.03. The number of aliphatic hydroxyl groups is 1. The highest BCUT2D eigenvalue weighted by molar-refractivity contribution is 5.77. The van der Waals surface area contributed by atoms with E-state index in [0.29, 0.717) is 23.1 Å². The van der Waals surface area contributed by atoms with E-state index in [9.17, 15) is 4.79 Å². The smallest absolute Gasteiger partial charge is 0.258 e. The molecule has 4 heteroatoms. The summed E-state index contributed by atoms with van der Waals surface area (Å²) in [6.07, 6.45) is 0.598. The molecule has 1 aromatic heterocycles. The van der Waals surface area contributed by atoms with Crippen molar-refractivity contribution in [1.82, 2.24) is 9.97 Å². The second-order valence-electron chi connectivity index (χ2n) is 3.88. The number of aromatic amines is 1. The summed E-state index contributed by atoms with van der Waals surface area (Å²) in [6, 6.07) is 7.24. The van der Waals surface area contributed by atoms with E-state index in [4.69, 9.17) is 5.11 Å². The molecule has 0 aliphatic rings. The average Bonchev–Trinajstić information content (AvgIpc) is 2.29. The highest BCUT2D eigenvalue weighted by atomic mass is 16.3. The summed E-state index contributed by atoms with van der Waals surface area (Å²) < 4.78 is 0. The van der Waals surface area contributed by atoms with Gasteiger partial charge < -0.3 is 10.1 Å². The van der Waals surface area contributed by atoms with Crippen molar-refractivity contribution in [3.8, 4) is 0 Å². The molecule has 0 amide bonds. The first-order chi connectivity index (χ1) is 7.72. The number of aromatic nitrogens is 2. The van der Waals surface area contributed by atoms with E-state index in [1.165, 1.54) is 0 Å². The van der Waals surface area contributed by atoms with Crippen LogP contribution in [0, 0.1) is 0 Å². The molecule has 0 bridgehead atoms. The zero-order valence-electron chi connectivity index (χ0n) is 9.10. The van der Waals surface area contributed by atoms with Crippen molar-refractivity contribution in [2.75, 3.05) is 6.61 Å². The summed E-state index contributed by atoms with van der Waals surface area (Å²) in [7, 11) is 0. The Kier molecular flexibility index (Phi) is 3.01. The molecule has 2 N–H and O–H groups in total. The Morgan fingerprint density at radius 1 is 1.44 bits per heavy atom. The van der Waals surface area contributed by atoms with Crippen molar-refractivity contribution in [3.05, 3.63) is 40.4 Å². The summed E-state index contributed by atoms with van der Waals surface area (Å²) >= 11 is 0. The third-order valence-electron chi connectivity index (χ3n) is 2.66. The van der Waals surface area contributed by atoms with Gasteiger partial charge in [0.15, 0.2) is 0 Å². The standard InChI is InChI=1S/C12H14N2O2/c1-8(6-7-15)11-13-10-5-3-2-4-9(10)12(16)14-11/h2-5,8,15H,6-7H2,1H3,(H,13,14,16). The Morgan fingerprint density at radius 3 is 2.94 bits per heavy atom. The monoisotopic (exact) mass is 218 g/mol. The number of hydrogen-bond acceptors (Lipinski definition) is 3. The van der Waals surface area contributed by atoms with Crippen molar-refractivity contribution in [2.24, 2.45) is 0 Å². The van der Waals surface area contributed by atoms with E-state index in [1.807, 2.05) is 25.1 Å². The van der Waals surface area contributed by atoms with Crippen LogP contribution in [0.1, 0.15) is 25.1 Å². The van der Waals surface area contributed by atoms with Crippen molar-refractivity contribution in [2.45, 2.75) is 19.3 Å². The summed E-state index contributed by atoms with van der Waals surface area (Å²) in [5.41, 5.74) is 0.580. The summed E-state index contributed by atoms with van der Waals surface area (Å²) in [5, 5.41) is 9.46. The second kappa shape index (κ2) is 4.45. The fraction of sp³-hybridized carbons (Fsp3) is 0.333. The Labute approximate surface area is 93.0 Å². The number of para-hydroxylation sites is 1. The first-order valence-electron chi connectivity index (χ1n) is 5.32. The predicted octanol–water partition coefficient (Wildman–Crippen LogP) is 1.41. The third-order valence-corrected chi connectivity index (χ3v) is 2.66. The molecule has 0 fully saturated rings. The van der Waals surface area contributed by atoms with Gasteiger partial charge in [-0.25, -0.2) is 4.98 Å². The van der Waals surface area contributed by atoms with Crippen molar-refractivity contribution >= 4 is 10.9 Å². The normalized spacial score (nSPS) is 12.9. The van der Waals surface area contributed by atoms with Gasteiger partial charge in [-0.2, -0.15) is 0 Å². The Balaban J connectivity index is 2.54. The van der Waals surface area contributed by atoms with Crippen LogP contribution in [0.15, 0.2) is 29.1 Å². The molecule has 0 spiro atoms. The molecule has 2 aromatic rings. The van der Waals surface area contributed by atoms with Crippen LogP contribution in [-0.4, -0.2) is 21.7 Å². The van der Waals surface area contributed by atoms with Crippen LogP contribution in [-0.2, 0) is 0 Å². The molecule has 1 aromatic carbocycles. The zero-order valence-corrected chi connectivity index (χ0v) is 9.10. The van der Waals surface area contributed by atoms with Gasteiger partial charge in [-0.05, 0) is 18.6 Å². The van der Waals surface area contributed by atoms with Gasteiger partial charge in [0, 0.05) is 12.5 Å². The molecule has 0 aliphatic heterocycles. The van der Waals surface area contributed by atoms with Crippen molar-refractivity contribution < 1.29 is 5.11 Å². The molecule has 0 aliphatic carbocycles. The molecule has 0 radical (unpaired) electrons. The van der Waals surface area contributed by atoms with Gasteiger partial charge in [-0.15, -0.1) is 0 Å². The SMILES string of the molecule is CC(CCO)c1nc2ccccc2c(=O)[nH]1. The number of hydrogen-bond donors (Lipinski definition) is 2. The third kappa shape index (κ3) is 1.97. The summed E-state index contributed by atoms with van der Waals surface area (Å²) in [5.74, 6) is 0.694. The predicted molar refractivity (Wildman–Crippen MR) is 62.5 cm³/mol. The number of benzene rings is 1. The first kappa shape index (κ1) is 10.8. The number of rotatable bonds is 3. The number of fused-ring (bicyclic) bond motifs is 1. The first-order valence-corrected chi connectivity index (χ1v) is 5.32. The number of aliphatic hydroxyl groups excluding tert-OH is 1. The van der Waals surface area contributed by atoms with E-state index in [0.717, 1.165) is 0 Å². The fourth-order valence-electron chi connectivity index (χ4n) is 1.67. The minimum absolute atomic E-state index is 0.0577. The van der Waals surface area contributed by atoms with Crippen LogP contribution >= 0.6 is 0 Å².